The number of benzene rings is 2. The van der Waals surface area contributed by atoms with Crippen molar-refractivity contribution >= 4 is 45.1 Å². The van der Waals surface area contributed by atoms with Gasteiger partial charge in [0, 0.05) is 22.8 Å². The minimum absolute atomic E-state index is 0.198. The molecule has 0 aliphatic carbocycles. The first-order valence-electron chi connectivity index (χ1n) is 8.02. The standard InChI is InChI=1S/C19H19BrN2O4/c1-3-13-10-15(20)6-9-17(13)22-18(24)11-26-19(25)14-4-7-16(8-5-14)21-12(2)23/h4-10H,3,11H2,1-2H3,(H,21,23)(H,22,24). The molecule has 2 aromatic rings. The van der Waals surface area contributed by atoms with Crippen molar-refractivity contribution in [1.82, 2.24) is 0 Å². The van der Waals surface area contributed by atoms with E-state index in [1.165, 1.54) is 19.1 Å². The Kier molecular flexibility index (Phi) is 6.91. The fourth-order valence-electron chi connectivity index (χ4n) is 2.27. The van der Waals surface area contributed by atoms with Crippen LogP contribution in [-0.2, 0) is 20.7 Å². The molecular weight excluding hydrogens is 400 g/mol. The molecule has 2 amide bonds. The molecule has 0 saturated heterocycles. The van der Waals surface area contributed by atoms with E-state index in [0.717, 1.165) is 16.5 Å². The summed E-state index contributed by atoms with van der Waals surface area (Å²) in [5.41, 5.74) is 2.54. The number of amides is 2. The Morgan fingerprint density at radius 1 is 1.04 bits per heavy atom. The zero-order chi connectivity index (χ0) is 19.1. The summed E-state index contributed by atoms with van der Waals surface area (Å²) in [4.78, 5) is 35.0. The number of nitrogens with one attached hydrogen (secondary N) is 2. The Labute approximate surface area is 160 Å². The second kappa shape index (κ2) is 9.15. The third-order valence-electron chi connectivity index (χ3n) is 3.50. The van der Waals surface area contributed by atoms with E-state index in [0.29, 0.717) is 16.9 Å². The maximum Gasteiger partial charge on any atom is 0.338 e. The van der Waals surface area contributed by atoms with Gasteiger partial charge >= 0.3 is 5.97 Å². The van der Waals surface area contributed by atoms with Gasteiger partial charge in [-0.05, 0) is 54.4 Å². The normalized spacial score (nSPS) is 10.1. The van der Waals surface area contributed by atoms with Gasteiger partial charge in [-0.3, -0.25) is 9.59 Å². The summed E-state index contributed by atoms with van der Waals surface area (Å²) in [6, 6.07) is 11.8. The molecule has 0 unspecified atom stereocenters. The highest BCUT2D eigenvalue weighted by molar-refractivity contribution is 9.10. The number of esters is 1. The minimum atomic E-state index is -0.610. The molecule has 6 nitrogen and oxygen atoms in total. The predicted molar refractivity (Wildman–Crippen MR) is 103 cm³/mol. The zero-order valence-electron chi connectivity index (χ0n) is 14.5. The van der Waals surface area contributed by atoms with Crippen LogP contribution in [0.25, 0.3) is 0 Å². The van der Waals surface area contributed by atoms with Crippen molar-refractivity contribution in [3.63, 3.8) is 0 Å². The number of ether oxygens (including phenoxy) is 1. The van der Waals surface area contributed by atoms with E-state index in [2.05, 4.69) is 26.6 Å². The molecule has 0 radical (unpaired) electrons. The van der Waals surface area contributed by atoms with Crippen molar-refractivity contribution in [3.8, 4) is 0 Å². The molecule has 0 spiro atoms. The third kappa shape index (κ3) is 5.70. The van der Waals surface area contributed by atoms with Crippen LogP contribution in [0.1, 0.15) is 29.8 Å². The first-order valence-corrected chi connectivity index (χ1v) is 8.81. The van der Waals surface area contributed by atoms with Gasteiger partial charge in [0.25, 0.3) is 5.91 Å². The number of hydrogen-bond acceptors (Lipinski definition) is 4. The summed E-state index contributed by atoms with van der Waals surface area (Å²) < 4.78 is 5.96. The summed E-state index contributed by atoms with van der Waals surface area (Å²) in [6.45, 7) is 3.00. The van der Waals surface area contributed by atoms with Gasteiger partial charge in [0.1, 0.15) is 0 Å². The largest absolute Gasteiger partial charge is 0.452 e. The predicted octanol–water partition coefficient (Wildman–Crippen LogP) is 3.77. The molecule has 0 heterocycles. The number of hydrogen-bond donors (Lipinski definition) is 2. The molecule has 0 saturated carbocycles. The van der Waals surface area contributed by atoms with E-state index >= 15 is 0 Å². The summed E-state index contributed by atoms with van der Waals surface area (Å²) in [6.07, 6.45) is 0.759. The van der Waals surface area contributed by atoms with Crippen molar-refractivity contribution in [2.75, 3.05) is 17.2 Å². The number of carbonyl (C=O) groups is 3. The molecule has 0 aliphatic heterocycles. The van der Waals surface area contributed by atoms with E-state index in [4.69, 9.17) is 4.74 Å². The van der Waals surface area contributed by atoms with Crippen LogP contribution in [0.2, 0.25) is 0 Å². The first-order chi connectivity index (χ1) is 12.4. The molecule has 0 fully saturated rings. The van der Waals surface area contributed by atoms with Crippen molar-refractivity contribution in [3.05, 3.63) is 58.1 Å². The molecule has 26 heavy (non-hydrogen) atoms. The maximum atomic E-state index is 12.0. The SMILES string of the molecule is CCc1cc(Br)ccc1NC(=O)COC(=O)c1ccc(NC(C)=O)cc1. The first kappa shape index (κ1) is 19.7. The summed E-state index contributed by atoms with van der Waals surface area (Å²) in [5.74, 6) is -1.22. The van der Waals surface area contributed by atoms with Crippen molar-refractivity contribution in [2.45, 2.75) is 20.3 Å². The summed E-state index contributed by atoms with van der Waals surface area (Å²) in [7, 11) is 0. The highest BCUT2D eigenvalue weighted by Crippen LogP contribution is 2.21. The average Bonchev–Trinajstić information content (AvgIpc) is 2.61. The van der Waals surface area contributed by atoms with E-state index in [9.17, 15) is 14.4 Å². The van der Waals surface area contributed by atoms with Crippen molar-refractivity contribution in [2.24, 2.45) is 0 Å². The number of carbonyl (C=O) groups excluding carboxylic acids is 3. The number of anilines is 2. The Bertz CT molecular complexity index is 819. The number of rotatable bonds is 6. The van der Waals surface area contributed by atoms with Gasteiger partial charge in [-0.25, -0.2) is 4.79 Å². The van der Waals surface area contributed by atoms with Gasteiger partial charge in [0.15, 0.2) is 6.61 Å². The average molecular weight is 419 g/mol. The Morgan fingerprint density at radius 2 is 1.73 bits per heavy atom. The van der Waals surface area contributed by atoms with Crippen LogP contribution < -0.4 is 10.6 Å². The van der Waals surface area contributed by atoms with Crippen LogP contribution in [0.15, 0.2) is 46.9 Å². The molecule has 0 aliphatic rings. The molecule has 7 heteroatoms. The van der Waals surface area contributed by atoms with Crippen LogP contribution in [0.5, 0.6) is 0 Å². The van der Waals surface area contributed by atoms with Gasteiger partial charge < -0.3 is 15.4 Å². The maximum absolute atomic E-state index is 12.0. The lowest BCUT2D eigenvalue weighted by atomic mass is 10.1. The third-order valence-corrected chi connectivity index (χ3v) is 3.99. The topological polar surface area (TPSA) is 84.5 Å². The Hall–Kier alpha value is -2.67. The second-order valence-electron chi connectivity index (χ2n) is 5.54. The van der Waals surface area contributed by atoms with Gasteiger partial charge in [-0.15, -0.1) is 0 Å². The highest BCUT2D eigenvalue weighted by Gasteiger charge is 2.12. The van der Waals surface area contributed by atoms with Crippen molar-refractivity contribution in [1.29, 1.82) is 0 Å². The molecule has 2 aromatic carbocycles. The van der Waals surface area contributed by atoms with Crippen LogP contribution >= 0.6 is 15.9 Å². The molecule has 2 N–H and O–H groups in total. The van der Waals surface area contributed by atoms with Gasteiger partial charge in [-0.2, -0.15) is 0 Å². The molecular formula is C19H19BrN2O4. The van der Waals surface area contributed by atoms with E-state index in [1.54, 1.807) is 18.2 Å². The van der Waals surface area contributed by atoms with Crippen LogP contribution in [0.3, 0.4) is 0 Å². The Balaban J connectivity index is 1.90. The molecule has 0 aromatic heterocycles. The smallest absolute Gasteiger partial charge is 0.338 e. The zero-order valence-corrected chi connectivity index (χ0v) is 16.1. The van der Waals surface area contributed by atoms with E-state index in [-0.39, 0.29) is 12.5 Å². The lowest BCUT2D eigenvalue weighted by molar-refractivity contribution is -0.119. The highest BCUT2D eigenvalue weighted by atomic mass is 79.9. The van der Waals surface area contributed by atoms with Crippen molar-refractivity contribution < 1.29 is 19.1 Å². The fraction of sp³-hybridized carbons (Fsp3) is 0.211. The lowest BCUT2D eigenvalue weighted by Crippen LogP contribution is -2.21. The molecule has 0 bridgehead atoms. The summed E-state index contributed by atoms with van der Waals surface area (Å²) >= 11 is 3.39. The fourth-order valence-corrected chi connectivity index (χ4v) is 2.68. The molecule has 2 rings (SSSR count). The van der Waals surface area contributed by atoms with Gasteiger partial charge in [-0.1, -0.05) is 22.9 Å². The van der Waals surface area contributed by atoms with E-state index in [1.807, 2.05) is 19.1 Å². The monoisotopic (exact) mass is 418 g/mol. The second-order valence-corrected chi connectivity index (χ2v) is 6.45. The van der Waals surface area contributed by atoms with Crippen LogP contribution in [0, 0.1) is 0 Å². The van der Waals surface area contributed by atoms with Gasteiger partial charge in [0.2, 0.25) is 5.91 Å². The molecule has 136 valence electrons. The minimum Gasteiger partial charge on any atom is -0.452 e. The van der Waals surface area contributed by atoms with E-state index < -0.39 is 11.9 Å². The quantitative estimate of drug-likeness (QED) is 0.699. The Morgan fingerprint density at radius 3 is 2.35 bits per heavy atom. The summed E-state index contributed by atoms with van der Waals surface area (Å²) in [5, 5.41) is 5.35. The number of aryl methyl sites for hydroxylation is 1. The van der Waals surface area contributed by atoms with Gasteiger partial charge in [0.05, 0.1) is 5.56 Å². The molecule has 0 atom stereocenters. The number of halogens is 1. The lowest BCUT2D eigenvalue weighted by Gasteiger charge is -2.11. The van der Waals surface area contributed by atoms with Crippen LogP contribution in [0.4, 0.5) is 11.4 Å². The van der Waals surface area contributed by atoms with Crippen LogP contribution in [-0.4, -0.2) is 24.4 Å².